The Balaban J connectivity index is 1.97. The Morgan fingerprint density at radius 3 is 2.23 bits per heavy atom. The van der Waals surface area contributed by atoms with Crippen LogP contribution in [0.15, 0.2) is 24.3 Å². The lowest BCUT2D eigenvalue weighted by Gasteiger charge is -2.28. The minimum absolute atomic E-state index is 0.104. The fourth-order valence-corrected chi connectivity index (χ4v) is 4.01. The number of aromatic nitrogens is 2. The predicted octanol–water partition coefficient (Wildman–Crippen LogP) is -0.316. The Labute approximate surface area is 232 Å². The molecule has 0 bridgehead atoms. The van der Waals surface area contributed by atoms with Crippen molar-refractivity contribution in [3.63, 3.8) is 0 Å². The Bertz CT molecular complexity index is 1010. The van der Waals surface area contributed by atoms with Gasteiger partial charge in [0.25, 0.3) is 0 Å². The zero-order chi connectivity index (χ0) is 29.7. The number of aromatic amines is 1. The molecule has 2 aromatic rings. The van der Waals surface area contributed by atoms with Crippen molar-refractivity contribution in [1.82, 2.24) is 15.5 Å². The largest absolute Gasteiger partial charge is 0.449 e. The topological polar surface area (TPSA) is 198 Å². The van der Waals surface area contributed by atoms with Crippen LogP contribution < -0.4 is 10.1 Å². The van der Waals surface area contributed by atoms with E-state index >= 15 is 0 Å². The van der Waals surface area contributed by atoms with E-state index in [1.807, 2.05) is 38.1 Å². The zero-order valence-corrected chi connectivity index (χ0v) is 22.9. The molecule has 13 heteroatoms. The predicted molar refractivity (Wildman–Crippen MR) is 142 cm³/mol. The van der Waals surface area contributed by atoms with E-state index < -0.39 is 63.7 Å². The van der Waals surface area contributed by atoms with Crippen LogP contribution in [0.1, 0.15) is 55.0 Å². The fraction of sp³-hybridized carbons (Fsp3) is 0.630. The molecule has 8 N–H and O–H groups in total. The second kappa shape index (κ2) is 16.6. The molecule has 1 aromatic carbocycles. The lowest BCUT2D eigenvalue weighted by Crippen LogP contribution is -2.57. The highest BCUT2D eigenvalue weighted by molar-refractivity contribution is 5.76. The van der Waals surface area contributed by atoms with Crippen LogP contribution in [-0.2, 0) is 22.4 Å². The second-order valence-corrected chi connectivity index (χ2v) is 10.1. The molecule has 12 nitrogen and oxygen atoms in total. The number of benzene rings is 1. The number of H-pyrrole nitrogens is 1. The van der Waals surface area contributed by atoms with Crippen LogP contribution in [0.25, 0.3) is 0 Å². The Hall–Kier alpha value is -2.65. The van der Waals surface area contributed by atoms with Gasteiger partial charge in [-0.2, -0.15) is 0 Å². The number of amides is 1. The van der Waals surface area contributed by atoms with E-state index in [0.29, 0.717) is 19.3 Å². The molecule has 40 heavy (non-hydrogen) atoms. The van der Waals surface area contributed by atoms with Crippen molar-refractivity contribution in [2.75, 3.05) is 39.8 Å². The molecule has 0 radical (unpaired) electrons. The molecular weight excluding hydrogens is 529 g/mol. The number of nitrogens with one attached hydrogen (secondary N) is 2. The monoisotopic (exact) mass is 571 g/mol. The molecule has 1 heterocycles. The molecule has 2 rings (SSSR count). The molecule has 3 unspecified atom stereocenters. The molecule has 0 spiro atoms. The smallest absolute Gasteiger partial charge is 0.238 e. The highest BCUT2D eigenvalue weighted by Gasteiger charge is 2.30. The minimum atomic E-state index is -1.99. The number of aliphatic hydroxyl groups is 6. The quantitative estimate of drug-likeness (QED) is 0.103. The number of carbonyl (C=O) groups is 1. The summed E-state index contributed by atoms with van der Waals surface area (Å²) in [6, 6.07) is 7.80. The maximum absolute atomic E-state index is 14.1. The van der Waals surface area contributed by atoms with Crippen LogP contribution in [0.5, 0.6) is 5.88 Å². The van der Waals surface area contributed by atoms with Gasteiger partial charge in [-0.05, 0) is 29.9 Å². The zero-order valence-electron chi connectivity index (χ0n) is 22.9. The third-order valence-electron chi connectivity index (χ3n) is 6.59. The average Bonchev–Trinajstić information content (AvgIpc) is 3.36. The number of carbonyl (C=O) groups excluding carboxylic acids is 1. The number of rotatable bonds is 19. The van der Waals surface area contributed by atoms with E-state index in [-0.39, 0.29) is 24.1 Å². The third kappa shape index (κ3) is 9.47. The number of aryl methyl sites for hydroxylation is 1. The summed E-state index contributed by atoms with van der Waals surface area (Å²) in [5.41, 5.74) is 2.19. The van der Waals surface area contributed by atoms with Crippen LogP contribution >= 0.6 is 0 Å². The molecule has 0 fully saturated rings. The summed E-state index contributed by atoms with van der Waals surface area (Å²) in [5, 5.41) is 65.4. The van der Waals surface area contributed by atoms with Crippen LogP contribution in [0.2, 0.25) is 0 Å². The first kappa shape index (κ1) is 33.6. The first-order valence-corrected chi connectivity index (χ1v) is 13.2. The minimum Gasteiger partial charge on any atom is -0.449 e. The summed E-state index contributed by atoms with van der Waals surface area (Å²) in [6.07, 6.45) is -3.26. The van der Waals surface area contributed by atoms with Gasteiger partial charge in [-0.1, -0.05) is 38.1 Å². The second-order valence-electron chi connectivity index (χ2n) is 10.1. The number of aliphatic hydroxyl groups excluding tert-OH is 6. The lowest BCUT2D eigenvalue weighted by molar-refractivity contribution is -0.125. The molecule has 1 amide bonds. The molecule has 0 saturated heterocycles. The first-order chi connectivity index (χ1) is 19.1. The molecule has 0 saturated carbocycles. The van der Waals surface area contributed by atoms with Gasteiger partial charge < -0.3 is 45.4 Å². The number of nitrogens with zero attached hydrogens (tertiary/aromatic N) is 1. The van der Waals surface area contributed by atoms with Gasteiger partial charge in [0.1, 0.15) is 17.7 Å². The molecule has 3 atom stereocenters. The van der Waals surface area contributed by atoms with E-state index in [2.05, 4.69) is 15.5 Å². The fourth-order valence-electron chi connectivity index (χ4n) is 4.01. The van der Waals surface area contributed by atoms with Crippen LogP contribution in [0.4, 0.5) is 4.39 Å². The SMILES string of the molecule is CC(C)c1[nH]nc(OCOC(CO)C(F)C(O)CO)c1Cc1ccc(CCCC(=O)NC(CO)(CO)CO)cc1. The molecule has 226 valence electrons. The van der Waals surface area contributed by atoms with Crippen molar-refractivity contribution in [3.05, 3.63) is 46.6 Å². The van der Waals surface area contributed by atoms with Gasteiger partial charge in [0.2, 0.25) is 11.8 Å². The molecule has 1 aromatic heterocycles. The summed E-state index contributed by atoms with van der Waals surface area (Å²) >= 11 is 0. The van der Waals surface area contributed by atoms with E-state index in [1.54, 1.807) is 0 Å². The van der Waals surface area contributed by atoms with E-state index in [0.717, 1.165) is 22.4 Å². The van der Waals surface area contributed by atoms with Crippen molar-refractivity contribution in [1.29, 1.82) is 0 Å². The van der Waals surface area contributed by atoms with Gasteiger partial charge in [-0.15, -0.1) is 5.10 Å². The standard InChI is InChI=1S/C27H42FN3O9/c1-17(2)25-20(26(31-30-25)40-16-39-22(12-33)24(28)21(37)11-32)10-19-8-6-18(7-9-19)4-3-5-23(38)29-27(13-34,14-35)15-36/h6-9,17,21-22,24,32-37H,3-5,10-16H2,1-2H3,(H,29,38)(H,30,31). The number of ether oxygens (including phenoxy) is 2. The Morgan fingerprint density at radius 1 is 1.05 bits per heavy atom. The molecular formula is C27H42FN3O9. The van der Waals surface area contributed by atoms with Crippen molar-refractivity contribution in [2.45, 2.75) is 69.4 Å². The molecule has 0 aliphatic heterocycles. The maximum Gasteiger partial charge on any atom is 0.238 e. The van der Waals surface area contributed by atoms with Gasteiger partial charge >= 0.3 is 0 Å². The van der Waals surface area contributed by atoms with E-state index in [4.69, 9.17) is 14.6 Å². The van der Waals surface area contributed by atoms with Gasteiger partial charge in [-0.3, -0.25) is 9.89 Å². The molecule has 0 aliphatic carbocycles. The van der Waals surface area contributed by atoms with Gasteiger partial charge in [0.05, 0.1) is 33.0 Å². The normalized spacial score (nSPS) is 14.2. The summed E-state index contributed by atoms with van der Waals surface area (Å²) in [7, 11) is 0. The van der Waals surface area contributed by atoms with Crippen molar-refractivity contribution in [3.8, 4) is 5.88 Å². The number of hydrogen-bond donors (Lipinski definition) is 8. The Kier molecular flexibility index (Phi) is 13.9. The number of alkyl halides is 1. The first-order valence-electron chi connectivity index (χ1n) is 13.2. The Morgan fingerprint density at radius 2 is 1.68 bits per heavy atom. The summed E-state index contributed by atoms with van der Waals surface area (Å²) < 4.78 is 25.0. The van der Waals surface area contributed by atoms with Gasteiger partial charge in [0.15, 0.2) is 13.0 Å². The van der Waals surface area contributed by atoms with Crippen molar-refractivity contribution in [2.24, 2.45) is 0 Å². The number of hydrogen-bond acceptors (Lipinski definition) is 10. The maximum atomic E-state index is 14.1. The van der Waals surface area contributed by atoms with E-state index in [1.165, 1.54) is 0 Å². The molecule has 0 aliphatic rings. The van der Waals surface area contributed by atoms with E-state index in [9.17, 15) is 34.7 Å². The number of halogens is 1. The summed E-state index contributed by atoms with van der Waals surface area (Å²) in [4.78, 5) is 12.2. The van der Waals surface area contributed by atoms with Gasteiger partial charge in [0, 0.05) is 24.1 Å². The highest BCUT2D eigenvalue weighted by Crippen LogP contribution is 2.28. The van der Waals surface area contributed by atoms with Crippen molar-refractivity contribution < 1.29 is 49.3 Å². The van der Waals surface area contributed by atoms with Crippen LogP contribution in [-0.4, -0.2) is 110 Å². The summed E-state index contributed by atoms with van der Waals surface area (Å²) in [6.45, 7) is 0.328. The van der Waals surface area contributed by atoms with Gasteiger partial charge in [-0.25, -0.2) is 4.39 Å². The lowest BCUT2D eigenvalue weighted by atomic mass is 9.98. The van der Waals surface area contributed by atoms with Crippen LogP contribution in [0, 0.1) is 0 Å². The average molecular weight is 572 g/mol. The van der Waals surface area contributed by atoms with Crippen LogP contribution in [0.3, 0.4) is 0 Å². The highest BCUT2D eigenvalue weighted by atomic mass is 19.1. The third-order valence-corrected chi connectivity index (χ3v) is 6.59. The van der Waals surface area contributed by atoms with Crippen molar-refractivity contribution >= 4 is 5.91 Å². The summed E-state index contributed by atoms with van der Waals surface area (Å²) in [5.74, 6) is -0.00536.